The highest BCUT2D eigenvalue weighted by atomic mass is 31.2. The first-order valence-electron chi connectivity index (χ1n) is 6.06. The van der Waals surface area contributed by atoms with E-state index in [9.17, 15) is 9.36 Å². The molecule has 1 N–H and O–H groups in total. The van der Waals surface area contributed by atoms with Crippen LogP contribution < -0.4 is 5.32 Å². The summed E-state index contributed by atoms with van der Waals surface area (Å²) >= 11 is 0. The Balaban J connectivity index is 2.54. The van der Waals surface area contributed by atoms with Crippen LogP contribution in [0.5, 0.6) is 0 Å². The topological polar surface area (TPSA) is 64.6 Å². The summed E-state index contributed by atoms with van der Waals surface area (Å²) < 4.78 is 22.9. The third-order valence-corrected chi connectivity index (χ3v) is 4.18. The predicted octanol–water partition coefficient (Wildman–Crippen LogP) is 2.31. The molecular formula is C11H22NO4P. The molecule has 0 atom stereocenters. The van der Waals surface area contributed by atoms with Gasteiger partial charge in [0.25, 0.3) is 0 Å². The molecule has 0 radical (unpaired) electrons. The van der Waals surface area contributed by atoms with Crippen molar-refractivity contribution in [3.05, 3.63) is 0 Å². The third kappa shape index (κ3) is 6.20. The first kappa shape index (κ1) is 14.7. The van der Waals surface area contributed by atoms with Gasteiger partial charge in [-0.25, -0.2) is 0 Å². The molecule has 6 heteroatoms. The minimum absolute atomic E-state index is 0.195. The number of amides is 1. The molecule has 1 saturated carbocycles. The SMILES string of the molecule is CC(C)OP(=O)(CC(=O)NC1CC1)OC(C)C. The van der Waals surface area contributed by atoms with Crippen molar-refractivity contribution in [3.63, 3.8) is 0 Å². The molecule has 0 unspecified atom stereocenters. The van der Waals surface area contributed by atoms with Crippen LogP contribution in [0.3, 0.4) is 0 Å². The second kappa shape index (κ2) is 5.98. The first-order valence-corrected chi connectivity index (χ1v) is 7.79. The molecule has 1 amide bonds. The highest BCUT2D eigenvalue weighted by molar-refractivity contribution is 7.54. The molecule has 0 aromatic carbocycles. The Morgan fingerprint density at radius 2 is 1.71 bits per heavy atom. The molecule has 0 spiro atoms. The monoisotopic (exact) mass is 263 g/mol. The molecule has 1 aliphatic rings. The van der Waals surface area contributed by atoms with Gasteiger partial charge in [-0.1, -0.05) is 0 Å². The first-order chi connectivity index (χ1) is 7.81. The summed E-state index contributed by atoms with van der Waals surface area (Å²) in [6.07, 6.45) is 1.36. The standard InChI is InChI=1S/C11H22NO4P/c1-8(2)15-17(14,16-9(3)4)7-11(13)12-10-5-6-10/h8-10H,5-7H2,1-4H3,(H,12,13). The number of carbonyl (C=O) groups is 1. The van der Waals surface area contributed by atoms with E-state index in [2.05, 4.69) is 5.32 Å². The van der Waals surface area contributed by atoms with E-state index < -0.39 is 7.60 Å². The van der Waals surface area contributed by atoms with Crippen LogP contribution in [-0.4, -0.2) is 30.3 Å². The van der Waals surface area contributed by atoms with Gasteiger partial charge >= 0.3 is 7.60 Å². The lowest BCUT2D eigenvalue weighted by Crippen LogP contribution is -2.29. The van der Waals surface area contributed by atoms with Crippen molar-refractivity contribution in [2.24, 2.45) is 0 Å². The van der Waals surface area contributed by atoms with E-state index in [-0.39, 0.29) is 30.3 Å². The van der Waals surface area contributed by atoms with E-state index in [4.69, 9.17) is 9.05 Å². The molecule has 5 nitrogen and oxygen atoms in total. The van der Waals surface area contributed by atoms with Gasteiger partial charge < -0.3 is 14.4 Å². The molecule has 100 valence electrons. The van der Waals surface area contributed by atoms with E-state index in [0.29, 0.717) is 0 Å². The Morgan fingerprint density at radius 1 is 1.24 bits per heavy atom. The molecule has 0 aromatic rings. The highest BCUT2D eigenvalue weighted by Gasteiger charge is 2.33. The van der Waals surface area contributed by atoms with Crippen LogP contribution in [0.4, 0.5) is 0 Å². The summed E-state index contributed by atoms with van der Waals surface area (Å²) in [5.41, 5.74) is 0. The zero-order valence-electron chi connectivity index (χ0n) is 10.9. The fourth-order valence-corrected chi connectivity index (χ4v) is 3.35. The maximum Gasteiger partial charge on any atom is 0.340 e. The van der Waals surface area contributed by atoms with Gasteiger partial charge in [0, 0.05) is 6.04 Å². The van der Waals surface area contributed by atoms with Crippen LogP contribution in [0.15, 0.2) is 0 Å². The van der Waals surface area contributed by atoms with Crippen molar-refractivity contribution in [1.29, 1.82) is 0 Å². The van der Waals surface area contributed by atoms with Gasteiger partial charge in [0.1, 0.15) is 6.16 Å². The fraction of sp³-hybridized carbons (Fsp3) is 0.909. The van der Waals surface area contributed by atoms with Crippen molar-refractivity contribution in [3.8, 4) is 0 Å². The van der Waals surface area contributed by atoms with Crippen LogP contribution in [-0.2, 0) is 18.4 Å². The predicted molar refractivity (Wildman–Crippen MR) is 66.1 cm³/mol. The van der Waals surface area contributed by atoms with Gasteiger partial charge in [-0.2, -0.15) is 0 Å². The van der Waals surface area contributed by atoms with E-state index >= 15 is 0 Å². The molecule has 1 aliphatic carbocycles. The summed E-state index contributed by atoms with van der Waals surface area (Å²) in [5.74, 6) is -0.253. The second-order valence-electron chi connectivity index (χ2n) is 4.92. The normalized spacial score (nSPS) is 16.6. The molecule has 1 fully saturated rings. The molecule has 0 aromatic heterocycles. The van der Waals surface area contributed by atoms with Crippen molar-refractivity contribution in [2.45, 2.75) is 58.8 Å². The molecule has 0 bridgehead atoms. The highest BCUT2D eigenvalue weighted by Crippen LogP contribution is 2.50. The quantitative estimate of drug-likeness (QED) is 0.716. The lowest BCUT2D eigenvalue weighted by atomic mass is 10.5. The van der Waals surface area contributed by atoms with E-state index in [1.54, 1.807) is 27.7 Å². The minimum Gasteiger partial charge on any atom is -0.353 e. The van der Waals surface area contributed by atoms with Crippen LogP contribution in [0.1, 0.15) is 40.5 Å². The zero-order valence-corrected chi connectivity index (χ0v) is 11.8. The summed E-state index contributed by atoms with van der Waals surface area (Å²) in [4.78, 5) is 11.6. The molecule has 17 heavy (non-hydrogen) atoms. The van der Waals surface area contributed by atoms with Crippen LogP contribution >= 0.6 is 7.60 Å². The number of nitrogens with one attached hydrogen (secondary N) is 1. The van der Waals surface area contributed by atoms with Crippen molar-refractivity contribution in [1.82, 2.24) is 5.32 Å². The van der Waals surface area contributed by atoms with Crippen LogP contribution in [0, 0.1) is 0 Å². The number of carbonyl (C=O) groups excluding carboxylic acids is 1. The van der Waals surface area contributed by atoms with Gasteiger partial charge in [0.2, 0.25) is 5.91 Å². The zero-order chi connectivity index (χ0) is 13.1. The van der Waals surface area contributed by atoms with Crippen molar-refractivity contribution < 1.29 is 18.4 Å². The maximum absolute atomic E-state index is 12.3. The van der Waals surface area contributed by atoms with Gasteiger partial charge in [0.15, 0.2) is 0 Å². The van der Waals surface area contributed by atoms with Gasteiger partial charge in [-0.3, -0.25) is 9.36 Å². The van der Waals surface area contributed by atoms with Crippen LogP contribution in [0.25, 0.3) is 0 Å². The van der Waals surface area contributed by atoms with E-state index in [1.165, 1.54) is 0 Å². The lowest BCUT2D eigenvalue weighted by molar-refractivity contribution is -0.119. The Hall–Kier alpha value is -0.380. The maximum atomic E-state index is 12.3. The van der Waals surface area contributed by atoms with Gasteiger partial charge in [-0.15, -0.1) is 0 Å². The summed E-state index contributed by atoms with van der Waals surface area (Å²) in [5, 5.41) is 2.78. The van der Waals surface area contributed by atoms with Gasteiger partial charge in [0.05, 0.1) is 12.2 Å². The van der Waals surface area contributed by atoms with E-state index in [0.717, 1.165) is 12.8 Å². The number of rotatable bonds is 7. The van der Waals surface area contributed by atoms with E-state index in [1.807, 2.05) is 0 Å². The summed E-state index contributed by atoms with van der Waals surface area (Å²) in [6, 6.07) is 0.258. The summed E-state index contributed by atoms with van der Waals surface area (Å²) in [6.45, 7) is 7.09. The Kier molecular flexibility index (Phi) is 5.17. The molecule has 0 saturated heterocycles. The van der Waals surface area contributed by atoms with Crippen molar-refractivity contribution >= 4 is 13.5 Å². The fourth-order valence-electron chi connectivity index (χ4n) is 1.42. The molecule has 0 heterocycles. The smallest absolute Gasteiger partial charge is 0.340 e. The molecule has 0 aliphatic heterocycles. The minimum atomic E-state index is -3.33. The average Bonchev–Trinajstić information content (AvgIpc) is 2.82. The molecule has 1 rings (SSSR count). The largest absolute Gasteiger partial charge is 0.353 e. The lowest BCUT2D eigenvalue weighted by Gasteiger charge is -2.22. The Morgan fingerprint density at radius 3 is 2.06 bits per heavy atom. The number of hydrogen-bond donors (Lipinski definition) is 1. The van der Waals surface area contributed by atoms with Crippen molar-refractivity contribution in [2.75, 3.05) is 6.16 Å². The van der Waals surface area contributed by atoms with Crippen LogP contribution in [0.2, 0.25) is 0 Å². The number of hydrogen-bond acceptors (Lipinski definition) is 4. The molecular weight excluding hydrogens is 241 g/mol. The summed E-state index contributed by atoms with van der Waals surface area (Å²) in [7, 11) is -3.33. The third-order valence-electron chi connectivity index (χ3n) is 2.02. The average molecular weight is 263 g/mol. The Bertz CT molecular complexity index is 299. The second-order valence-corrected chi connectivity index (χ2v) is 6.88. The Labute approximate surface area is 103 Å². The van der Waals surface area contributed by atoms with Gasteiger partial charge in [-0.05, 0) is 40.5 Å².